The normalized spacial score (nSPS) is 11.8. The Kier molecular flexibility index (Phi) is 6.28. The maximum absolute atomic E-state index is 11.8. The van der Waals surface area contributed by atoms with Crippen molar-refractivity contribution in [1.82, 2.24) is 5.32 Å². The minimum atomic E-state index is -0.816. The van der Waals surface area contributed by atoms with Crippen molar-refractivity contribution in [1.29, 1.82) is 0 Å². The molecule has 126 valence electrons. The van der Waals surface area contributed by atoms with Crippen LogP contribution in [0.15, 0.2) is 48.5 Å². The summed E-state index contributed by atoms with van der Waals surface area (Å²) >= 11 is 5.78. The zero-order valence-electron chi connectivity index (χ0n) is 12.8. The molecule has 24 heavy (non-hydrogen) atoms. The zero-order valence-corrected chi connectivity index (χ0v) is 13.6. The van der Waals surface area contributed by atoms with E-state index in [1.807, 2.05) is 0 Å². The van der Waals surface area contributed by atoms with Gasteiger partial charge in [0.1, 0.15) is 0 Å². The SMILES string of the molecule is O=C(CCc1cccc([N+](=O)[O-])c1)NCC(O)c1ccc(Cl)cc1. The van der Waals surface area contributed by atoms with E-state index >= 15 is 0 Å². The van der Waals surface area contributed by atoms with Crippen LogP contribution in [0.4, 0.5) is 5.69 Å². The molecule has 1 atom stereocenters. The monoisotopic (exact) mass is 348 g/mol. The van der Waals surface area contributed by atoms with E-state index in [-0.39, 0.29) is 24.6 Å². The summed E-state index contributed by atoms with van der Waals surface area (Å²) in [7, 11) is 0. The summed E-state index contributed by atoms with van der Waals surface area (Å²) in [5.41, 5.74) is 1.39. The summed E-state index contributed by atoms with van der Waals surface area (Å²) in [6.45, 7) is 0.0927. The van der Waals surface area contributed by atoms with Crippen molar-refractivity contribution in [2.24, 2.45) is 0 Å². The van der Waals surface area contributed by atoms with Gasteiger partial charge in [0.2, 0.25) is 5.91 Å². The average Bonchev–Trinajstić information content (AvgIpc) is 2.58. The highest BCUT2D eigenvalue weighted by Gasteiger charge is 2.11. The molecule has 0 spiro atoms. The summed E-state index contributed by atoms with van der Waals surface area (Å²) in [5, 5.41) is 23.9. The first-order valence-corrected chi connectivity index (χ1v) is 7.77. The number of nitro groups is 1. The third-order valence-corrected chi connectivity index (χ3v) is 3.76. The lowest BCUT2D eigenvalue weighted by Gasteiger charge is -2.12. The first kappa shape index (κ1) is 17.9. The molecule has 1 unspecified atom stereocenters. The van der Waals surface area contributed by atoms with Crippen molar-refractivity contribution in [3.63, 3.8) is 0 Å². The van der Waals surface area contributed by atoms with Gasteiger partial charge in [-0.1, -0.05) is 35.9 Å². The fourth-order valence-corrected chi connectivity index (χ4v) is 2.31. The molecule has 0 fully saturated rings. The van der Waals surface area contributed by atoms with Crippen molar-refractivity contribution in [2.45, 2.75) is 18.9 Å². The number of halogens is 1. The number of rotatable bonds is 7. The van der Waals surface area contributed by atoms with Gasteiger partial charge in [-0.05, 0) is 29.7 Å². The van der Waals surface area contributed by atoms with E-state index < -0.39 is 11.0 Å². The number of non-ortho nitro benzene ring substituents is 1. The molecular formula is C17H17ClN2O4. The molecule has 7 heteroatoms. The number of carbonyl (C=O) groups is 1. The van der Waals surface area contributed by atoms with Crippen LogP contribution in [-0.2, 0) is 11.2 Å². The van der Waals surface area contributed by atoms with Crippen molar-refractivity contribution in [3.05, 3.63) is 74.8 Å². The number of amides is 1. The third kappa shape index (κ3) is 5.33. The van der Waals surface area contributed by atoms with Crippen LogP contribution in [0.25, 0.3) is 0 Å². The van der Waals surface area contributed by atoms with Crippen LogP contribution in [-0.4, -0.2) is 22.5 Å². The number of benzene rings is 2. The molecule has 1 amide bonds. The predicted octanol–water partition coefficient (Wildman–Crippen LogP) is 3.03. The van der Waals surface area contributed by atoms with Crippen molar-refractivity contribution in [2.75, 3.05) is 6.54 Å². The maximum Gasteiger partial charge on any atom is 0.269 e. The number of hydrogen-bond donors (Lipinski definition) is 2. The number of aliphatic hydroxyl groups excluding tert-OH is 1. The molecule has 0 aliphatic heterocycles. The van der Waals surface area contributed by atoms with E-state index in [1.165, 1.54) is 12.1 Å². The van der Waals surface area contributed by atoms with Gasteiger partial charge >= 0.3 is 0 Å². The molecule has 0 saturated carbocycles. The van der Waals surface area contributed by atoms with Gasteiger partial charge in [-0.15, -0.1) is 0 Å². The van der Waals surface area contributed by atoms with Gasteiger partial charge in [0.25, 0.3) is 5.69 Å². The minimum Gasteiger partial charge on any atom is -0.387 e. The highest BCUT2D eigenvalue weighted by Crippen LogP contribution is 2.16. The number of nitrogens with one attached hydrogen (secondary N) is 1. The van der Waals surface area contributed by atoms with Crippen LogP contribution in [0.5, 0.6) is 0 Å². The van der Waals surface area contributed by atoms with Gasteiger partial charge in [-0.3, -0.25) is 14.9 Å². The Morgan fingerprint density at radius 3 is 2.62 bits per heavy atom. The highest BCUT2D eigenvalue weighted by molar-refractivity contribution is 6.30. The Morgan fingerprint density at radius 2 is 1.96 bits per heavy atom. The van der Waals surface area contributed by atoms with Gasteiger partial charge in [0.15, 0.2) is 0 Å². The Hall–Kier alpha value is -2.44. The molecule has 0 heterocycles. The molecule has 2 rings (SSSR count). The van der Waals surface area contributed by atoms with E-state index in [2.05, 4.69) is 5.32 Å². The van der Waals surface area contributed by atoms with Crippen LogP contribution in [0.3, 0.4) is 0 Å². The molecule has 0 aliphatic rings. The van der Waals surface area contributed by atoms with E-state index in [9.17, 15) is 20.0 Å². The molecule has 0 aromatic heterocycles. The lowest BCUT2D eigenvalue weighted by atomic mass is 10.1. The quantitative estimate of drug-likeness (QED) is 0.594. The molecule has 0 radical (unpaired) electrons. The number of aryl methyl sites for hydroxylation is 1. The number of nitro benzene ring substituents is 1. The summed E-state index contributed by atoms with van der Waals surface area (Å²) in [4.78, 5) is 22.1. The van der Waals surface area contributed by atoms with Gasteiger partial charge in [0, 0.05) is 30.1 Å². The smallest absolute Gasteiger partial charge is 0.269 e. The van der Waals surface area contributed by atoms with Crippen LogP contribution in [0.1, 0.15) is 23.7 Å². The van der Waals surface area contributed by atoms with Crippen LogP contribution < -0.4 is 5.32 Å². The molecule has 2 aromatic rings. The molecule has 2 N–H and O–H groups in total. The number of aliphatic hydroxyl groups is 1. The molecule has 0 saturated heterocycles. The van der Waals surface area contributed by atoms with Gasteiger partial charge in [0.05, 0.1) is 11.0 Å². The molecule has 0 bridgehead atoms. The highest BCUT2D eigenvalue weighted by atomic mass is 35.5. The van der Waals surface area contributed by atoms with E-state index in [1.54, 1.807) is 36.4 Å². The van der Waals surface area contributed by atoms with Crippen LogP contribution in [0.2, 0.25) is 5.02 Å². The number of carbonyl (C=O) groups excluding carboxylic acids is 1. The lowest BCUT2D eigenvalue weighted by Crippen LogP contribution is -2.28. The predicted molar refractivity (Wildman–Crippen MR) is 90.8 cm³/mol. The third-order valence-electron chi connectivity index (χ3n) is 3.51. The lowest BCUT2D eigenvalue weighted by molar-refractivity contribution is -0.384. The van der Waals surface area contributed by atoms with Gasteiger partial charge < -0.3 is 10.4 Å². The van der Waals surface area contributed by atoms with Crippen LogP contribution >= 0.6 is 11.6 Å². The topological polar surface area (TPSA) is 92.5 Å². The molecule has 2 aromatic carbocycles. The Bertz CT molecular complexity index is 719. The average molecular weight is 349 g/mol. The van der Waals surface area contributed by atoms with E-state index in [0.29, 0.717) is 17.0 Å². The van der Waals surface area contributed by atoms with Crippen LogP contribution in [0, 0.1) is 10.1 Å². The molecule has 0 aliphatic carbocycles. The Balaban J connectivity index is 1.80. The fourth-order valence-electron chi connectivity index (χ4n) is 2.19. The summed E-state index contributed by atoms with van der Waals surface area (Å²) in [5.74, 6) is -0.227. The zero-order chi connectivity index (χ0) is 17.5. The second-order valence-corrected chi connectivity index (χ2v) is 5.73. The van der Waals surface area contributed by atoms with Crippen molar-refractivity contribution < 1.29 is 14.8 Å². The van der Waals surface area contributed by atoms with Crippen molar-refractivity contribution in [3.8, 4) is 0 Å². The minimum absolute atomic E-state index is 0.00562. The summed E-state index contributed by atoms with van der Waals surface area (Å²) < 4.78 is 0. The molecule has 6 nitrogen and oxygen atoms in total. The number of nitrogens with zero attached hydrogens (tertiary/aromatic N) is 1. The maximum atomic E-state index is 11.8. The van der Waals surface area contributed by atoms with E-state index in [4.69, 9.17) is 11.6 Å². The van der Waals surface area contributed by atoms with E-state index in [0.717, 1.165) is 5.56 Å². The first-order chi connectivity index (χ1) is 11.5. The Labute approximate surface area is 144 Å². The number of hydrogen-bond acceptors (Lipinski definition) is 4. The van der Waals surface area contributed by atoms with Gasteiger partial charge in [-0.25, -0.2) is 0 Å². The largest absolute Gasteiger partial charge is 0.387 e. The van der Waals surface area contributed by atoms with Crippen molar-refractivity contribution >= 4 is 23.2 Å². The first-order valence-electron chi connectivity index (χ1n) is 7.39. The summed E-state index contributed by atoms with van der Waals surface area (Å²) in [6.07, 6.45) is -0.233. The standard InChI is InChI=1S/C17H17ClN2O4/c18-14-7-5-13(6-8-14)16(21)11-19-17(22)9-4-12-2-1-3-15(10-12)20(23)24/h1-3,5-8,10,16,21H,4,9,11H2,(H,19,22). The fraction of sp³-hybridized carbons (Fsp3) is 0.235. The summed E-state index contributed by atoms with van der Waals surface area (Å²) in [6, 6.07) is 12.9. The van der Waals surface area contributed by atoms with Gasteiger partial charge in [-0.2, -0.15) is 0 Å². The Morgan fingerprint density at radius 1 is 1.25 bits per heavy atom. The second-order valence-electron chi connectivity index (χ2n) is 5.30. The molecular weight excluding hydrogens is 332 g/mol. The second kappa shape index (κ2) is 8.42.